The van der Waals surface area contributed by atoms with Gasteiger partial charge < -0.3 is 10.6 Å². The number of nitrogens with two attached hydrogens (primary N) is 1. The van der Waals surface area contributed by atoms with Crippen molar-refractivity contribution in [3.05, 3.63) is 15.8 Å². The second-order valence-electron chi connectivity index (χ2n) is 4.12. The molecular weight excluding hydrogens is 234 g/mol. The molecule has 0 saturated carbocycles. The van der Waals surface area contributed by atoms with Crippen molar-refractivity contribution in [3.8, 4) is 6.07 Å². The molecule has 17 heavy (non-hydrogen) atoms. The number of carbonyl (C=O) groups excluding carboxylic acids is 1. The molecule has 1 amide bonds. The van der Waals surface area contributed by atoms with Gasteiger partial charge in [-0.2, -0.15) is 5.26 Å². The predicted molar refractivity (Wildman–Crippen MR) is 69.9 cm³/mol. The van der Waals surface area contributed by atoms with E-state index in [1.807, 2.05) is 20.8 Å². The van der Waals surface area contributed by atoms with E-state index in [9.17, 15) is 4.79 Å². The maximum Gasteiger partial charge on any atom is 0.264 e. The minimum atomic E-state index is -0.0416. The maximum atomic E-state index is 12.2. The van der Waals surface area contributed by atoms with Crippen molar-refractivity contribution in [2.45, 2.75) is 33.2 Å². The highest BCUT2D eigenvalue weighted by molar-refractivity contribution is 7.14. The Morgan fingerprint density at radius 2 is 2.29 bits per heavy atom. The average molecular weight is 251 g/mol. The molecule has 5 heteroatoms. The molecule has 2 N–H and O–H groups in total. The highest BCUT2D eigenvalue weighted by Crippen LogP contribution is 2.25. The summed E-state index contributed by atoms with van der Waals surface area (Å²) in [6.45, 7) is 6.24. The van der Waals surface area contributed by atoms with Crippen LogP contribution in [0.3, 0.4) is 0 Å². The fourth-order valence-electron chi connectivity index (χ4n) is 1.51. The van der Waals surface area contributed by atoms with Crippen molar-refractivity contribution >= 4 is 22.9 Å². The average Bonchev–Trinajstić information content (AvgIpc) is 2.59. The van der Waals surface area contributed by atoms with Crippen LogP contribution >= 0.6 is 11.3 Å². The Balaban J connectivity index is 2.88. The standard InChI is InChI=1S/C12H17N3OS/c1-8(2)15(6-4-5-13)12(16)11-7-10(14)9(3)17-11/h7-8H,4,6,14H2,1-3H3. The van der Waals surface area contributed by atoms with E-state index in [2.05, 4.69) is 6.07 Å². The first-order chi connectivity index (χ1) is 7.97. The molecule has 0 aliphatic rings. The van der Waals surface area contributed by atoms with Gasteiger partial charge in [0.05, 0.1) is 17.4 Å². The third-order valence-corrected chi connectivity index (χ3v) is 3.57. The first-order valence-electron chi connectivity index (χ1n) is 5.51. The van der Waals surface area contributed by atoms with E-state index in [4.69, 9.17) is 11.0 Å². The Labute approximate surface area is 106 Å². The summed E-state index contributed by atoms with van der Waals surface area (Å²) in [7, 11) is 0. The number of anilines is 1. The molecule has 0 spiro atoms. The Bertz CT molecular complexity index is 426. The molecule has 0 bridgehead atoms. The van der Waals surface area contributed by atoms with Crippen LogP contribution in [0, 0.1) is 18.3 Å². The third kappa shape index (κ3) is 3.21. The Hall–Kier alpha value is -1.54. The van der Waals surface area contributed by atoms with Crippen LogP contribution in [0.5, 0.6) is 0 Å². The largest absolute Gasteiger partial charge is 0.398 e. The lowest BCUT2D eigenvalue weighted by Gasteiger charge is -2.25. The highest BCUT2D eigenvalue weighted by atomic mass is 32.1. The molecule has 1 heterocycles. The van der Waals surface area contributed by atoms with Gasteiger partial charge in [0.2, 0.25) is 0 Å². The summed E-state index contributed by atoms with van der Waals surface area (Å²) >= 11 is 1.40. The molecule has 0 aliphatic heterocycles. The van der Waals surface area contributed by atoms with Crippen LogP contribution in [0.2, 0.25) is 0 Å². The van der Waals surface area contributed by atoms with E-state index >= 15 is 0 Å². The van der Waals surface area contributed by atoms with Gasteiger partial charge in [0.1, 0.15) is 0 Å². The van der Waals surface area contributed by atoms with Crippen LogP contribution in [-0.4, -0.2) is 23.4 Å². The van der Waals surface area contributed by atoms with Crippen molar-refractivity contribution in [3.63, 3.8) is 0 Å². The van der Waals surface area contributed by atoms with Crippen molar-refractivity contribution in [1.29, 1.82) is 5.26 Å². The monoisotopic (exact) mass is 251 g/mol. The van der Waals surface area contributed by atoms with Crippen LogP contribution in [0.1, 0.15) is 34.8 Å². The van der Waals surface area contributed by atoms with Gasteiger partial charge in [-0.05, 0) is 26.8 Å². The number of hydrogen-bond donors (Lipinski definition) is 1. The van der Waals surface area contributed by atoms with Gasteiger partial charge in [0.15, 0.2) is 0 Å². The maximum absolute atomic E-state index is 12.2. The summed E-state index contributed by atoms with van der Waals surface area (Å²) in [5, 5.41) is 8.59. The van der Waals surface area contributed by atoms with E-state index < -0.39 is 0 Å². The predicted octanol–water partition coefficient (Wildman–Crippen LogP) is 2.40. The first-order valence-corrected chi connectivity index (χ1v) is 6.32. The van der Waals surface area contributed by atoms with Crippen LogP contribution < -0.4 is 5.73 Å². The van der Waals surface area contributed by atoms with Gasteiger partial charge in [-0.1, -0.05) is 0 Å². The molecule has 0 radical (unpaired) electrons. The summed E-state index contributed by atoms with van der Waals surface area (Å²) < 4.78 is 0. The lowest BCUT2D eigenvalue weighted by atomic mass is 10.2. The minimum absolute atomic E-state index is 0.0416. The number of amides is 1. The van der Waals surface area contributed by atoms with Gasteiger partial charge in [-0.3, -0.25) is 4.79 Å². The second-order valence-corrected chi connectivity index (χ2v) is 5.38. The zero-order valence-electron chi connectivity index (χ0n) is 10.4. The summed E-state index contributed by atoms with van der Waals surface area (Å²) in [6.07, 6.45) is 0.351. The topological polar surface area (TPSA) is 70.1 Å². The molecule has 0 atom stereocenters. The SMILES string of the molecule is Cc1sc(C(=O)N(CCC#N)C(C)C)cc1N. The fraction of sp³-hybridized carbons (Fsp3) is 0.500. The number of nitrogen functional groups attached to an aromatic ring is 1. The summed E-state index contributed by atoms with van der Waals surface area (Å²) in [5.41, 5.74) is 6.40. The molecule has 4 nitrogen and oxygen atoms in total. The first kappa shape index (κ1) is 13.5. The van der Waals surface area contributed by atoms with Crippen molar-refractivity contribution in [2.75, 3.05) is 12.3 Å². The molecule has 1 rings (SSSR count). The molecule has 92 valence electrons. The Morgan fingerprint density at radius 3 is 2.71 bits per heavy atom. The molecule has 1 aromatic rings. The second kappa shape index (κ2) is 5.69. The van der Waals surface area contributed by atoms with Gasteiger partial charge in [0.25, 0.3) is 5.91 Å². The van der Waals surface area contributed by atoms with E-state index in [1.165, 1.54) is 11.3 Å². The van der Waals surface area contributed by atoms with E-state index in [0.29, 0.717) is 23.5 Å². The summed E-state index contributed by atoms with van der Waals surface area (Å²) in [4.78, 5) is 15.5. The molecule has 0 saturated heterocycles. The third-order valence-electron chi connectivity index (χ3n) is 2.52. The van der Waals surface area contributed by atoms with Crippen molar-refractivity contribution in [1.82, 2.24) is 4.90 Å². The quantitative estimate of drug-likeness (QED) is 0.893. The fourth-order valence-corrected chi connectivity index (χ4v) is 2.40. The molecular formula is C12H17N3OS. The smallest absolute Gasteiger partial charge is 0.264 e. The zero-order valence-corrected chi connectivity index (χ0v) is 11.2. The normalized spacial score (nSPS) is 10.3. The number of carbonyl (C=O) groups is 1. The van der Waals surface area contributed by atoms with Gasteiger partial charge in [0, 0.05) is 23.2 Å². The molecule has 0 aliphatic carbocycles. The Morgan fingerprint density at radius 1 is 1.65 bits per heavy atom. The van der Waals surface area contributed by atoms with E-state index in [0.717, 1.165) is 4.88 Å². The van der Waals surface area contributed by atoms with Crippen LogP contribution in [0.15, 0.2) is 6.07 Å². The molecule has 1 aromatic heterocycles. The molecule has 0 unspecified atom stereocenters. The minimum Gasteiger partial charge on any atom is -0.398 e. The van der Waals surface area contributed by atoms with Gasteiger partial charge in [-0.15, -0.1) is 11.3 Å². The lowest BCUT2D eigenvalue weighted by Crippen LogP contribution is -2.37. The van der Waals surface area contributed by atoms with Gasteiger partial charge >= 0.3 is 0 Å². The van der Waals surface area contributed by atoms with Crippen LogP contribution in [-0.2, 0) is 0 Å². The van der Waals surface area contributed by atoms with Crippen LogP contribution in [0.25, 0.3) is 0 Å². The molecule has 0 fully saturated rings. The van der Waals surface area contributed by atoms with Crippen molar-refractivity contribution < 1.29 is 4.79 Å². The molecule has 0 aromatic carbocycles. The zero-order chi connectivity index (χ0) is 13.0. The van der Waals surface area contributed by atoms with Crippen LogP contribution in [0.4, 0.5) is 5.69 Å². The van der Waals surface area contributed by atoms with E-state index in [-0.39, 0.29) is 11.9 Å². The lowest BCUT2D eigenvalue weighted by molar-refractivity contribution is 0.0715. The number of hydrogen-bond acceptors (Lipinski definition) is 4. The number of aryl methyl sites for hydroxylation is 1. The highest BCUT2D eigenvalue weighted by Gasteiger charge is 2.20. The van der Waals surface area contributed by atoms with E-state index in [1.54, 1.807) is 11.0 Å². The van der Waals surface area contributed by atoms with Crippen molar-refractivity contribution in [2.24, 2.45) is 0 Å². The Kier molecular flexibility index (Phi) is 4.53. The summed E-state index contributed by atoms with van der Waals surface area (Å²) in [5.74, 6) is -0.0416. The number of nitrogens with zero attached hydrogens (tertiary/aromatic N) is 2. The van der Waals surface area contributed by atoms with Gasteiger partial charge in [-0.25, -0.2) is 0 Å². The summed E-state index contributed by atoms with van der Waals surface area (Å²) in [6, 6.07) is 3.86. The number of rotatable bonds is 4. The number of nitriles is 1. The number of thiophene rings is 1.